The predicted octanol–water partition coefficient (Wildman–Crippen LogP) is 7.63. The monoisotopic (exact) mass is 681 g/mol. The van der Waals surface area contributed by atoms with Crippen LogP contribution in [-0.4, -0.2) is 79.0 Å². The second-order valence-electron chi connectivity index (χ2n) is 12.0. The number of hydrogen-bond acceptors (Lipinski definition) is 8. The lowest BCUT2D eigenvalue weighted by molar-refractivity contribution is -0.137. The van der Waals surface area contributed by atoms with E-state index < -0.39 is 17.6 Å². The zero-order valence-electron chi connectivity index (χ0n) is 27.4. The molecule has 0 unspecified atom stereocenters. The minimum Gasteiger partial charge on any atom is -0.436 e. The van der Waals surface area contributed by atoms with Gasteiger partial charge in [-0.2, -0.15) is 18.2 Å². The summed E-state index contributed by atoms with van der Waals surface area (Å²) in [6.45, 7) is 9.81. The Kier molecular flexibility index (Phi) is 11.1. The lowest BCUT2D eigenvalue weighted by atomic mass is 10.1. The van der Waals surface area contributed by atoms with Crippen molar-refractivity contribution >= 4 is 40.5 Å². The summed E-state index contributed by atoms with van der Waals surface area (Å²) in [6.07, 6.45) is -2.13. The number of aryl methyl sites for hydroxylation is 2. The topological polar surface area (TPSA) is 85.9 Å². The van der Waals surface area contributed by atoms with E-state index in [-0.39, 0.29) is 28.2 Å². The highest BCUT2D eigenvalue weighted by Crippen LogP contribution is 2.37. The van der Waals surface area contributed by atoms with Gasteiger partial charge in [0.2, 0.25) is 11.8 Å². The van der Waals surface area contributed by atoms with Crippen LogP contribution < -0.4 is 20.3 Å². The summed E-state index contributed by atoms with van der Waals surface area (Å²) in [7, 11) is 4.19. The lowest BCUT2D eigenvalue weighted by Crippen LogP contribution is -2.46. The number of nitrogens with zero attached hydrogens (tertiary/aromatic N) is 5. The van der Waals surface area contributed by atoms with Gasteiger partial charge in [-0.3, -0.25) is 9.69 Å². The summed E-state index contributed by atoms with van der Waals surface area (Å²) in [6, 6.07) is 16.2. The molecule has 4 aromatic rings. The predicted molar refractivity (Wildman–Crippen MR) is 184 cm³/mol. The Morgan fingerprint density at radius 3 is 2.31 bits per heavy atom. The average molecular weight is 682 g/mol. The van der Waals surface area contributed by atoms with Crippen molar-refractivity contribution in [3.8, 4) is 11.6 Å². The number of halogens is 4. The summed E-state index contributed by atoms with van der Waals surface area (Å²) < 4.78 is 45.6. The number of rotatable bonds is 11. The van der Waals surface area contributed by atoms with Crippen molar-refractivity contribution in [3.63, 3.8) is 0 Å². The van der Waals surface area contributed by atoms with Crippen LogP contribution in [0.25, 0.3) is 0 Å². The van der Waals surface area contributed by atoms with Crippen molar-refractivity contribution in [2.75, 3.05) is 68.9 Å². The summed E-state index contributed by atoms with van der Waals surface area (Å²) in [4.78, 5) is 29.3. The van der Waals surface area contributed by atoms with Gasteiger partial charge in [0.25, 0.3) is 5.91 Å². The maximum Gasteiger partial charge on any atom is 0.416 e. The number of ether oxygens (including phenoxy) is 1. The first-order valence-electron chi connectivity index (χ1n) is 15.7. The molecule has 0 saturated carbocycles. The first-order chi connectivity index (χ1) is 22.9. The van der Waals surface area contributed by atoms with Gasteiger partial charge in [-0.25, -0.2) is 4.98 Å². The maximum atomic E-state index is 13.5. The molecule has 0 radical (unpaired) electrons. The average Bonchev–Trinajstić information content (AvgIpc) is 3.04. The molecule has 254 valence electrons. The van der Waals surface area contributed by atoms with Crippen LogP contribution in [0, 0.1) is 13.8 Å². The molecule has 2 N–H and O–H groups in total. The Morgan fingerprint density at radius 2 is 1.69 bits per heavy atom. The molecule has 1 amide bonds. The summed E-state index contributed by atoms with van der Waals surface area (Å²) in [5.41, 5.74) is 3.16. The first kappa shape index (κ1) is 34.9. The van der Waals surface area contributed by atoms with Crippen molar-refractivity contribution in [2.45, 2.75) is 26.4 Å². The molecule has 3 aromatic carbocycles. The number of piperazine rings is 1. The Bertz CT molecular complexity index is 1710. The molecule has 0 aliphatic carbocycles. The van der Waals surface area contributed by atoms with E-state index in [2.05, 4.69) is 49.4 Å². The first-order valence-corrected chi connectivity index (χ1v) is 16.0. The van der Waals surface area contributed by atoms with E-state index in [1.807, 2.05) is 56.3 Å². The molecule has 0 spiro atoms. The van der Waals surface area contributed by atoms with E-state index in [4.69, 9.17) is 16.3 Å². The van der Waals surface area contributed by atoms with E-state index in [1.165, 1.54) is 6.20 Å². The van der Waals surface area contributed by atoms with Crippen LogP contribution in [-0.2, 0) is 6.18 Å². The number of amides is 1. The van der Waals surface area contributed by atoms with Crippen LogP contribution in [0.4, 0.5) is 36.2 Å². The van der Waals surface area contributed by atoms with E-state index >= 15 is 0 Å². The lowest BCUT2D eigenvalue weighted by Gasteiger charge is -2.36. The van der Waals surface area contributed by atoms with Gasteiger partial charge in [0.1, 0.15) is 11.3 Å². The van der Waals surface area contributed by atoms with Gasteiger partial charge >= 0.3 is 6.18 Å². The van der Waals surface area contributed by atoms with Crippen LogP contribution in [0.15, 0.2) is 66.9 Å². The maximum absolute atomic E-state index is 13.5. The van der Waals surface area contributed by atoms with E-state index in [0.717, 1.165) is 80.7 Å². The number of nitrogens with one attached hydrogen (secondary N) is 2. The quantitative estimate of drug-likeness (QED) is 0.167. The Labute approximate surface area is 283 Å². The SMILES string of the molecule is Cc1cccc(C)c1NC(=O)c1cnc(Nc2ccc(N3CCN(CCCN(C)C)CC3)cc2)nc1Oc1ccc(C(F)(F)F)cc1Cl. The van der Waals surface area contributed by atoms with E-state index in [1.54, 1.807) is 0 Å². The van der Waals surface area contributed by atoms with E-state index in [0.29, 0.717) is 11.4 Å². The van der Waals surface area contributed by atoms with Crippen molar-refractivity contribution in [1.29, 1.82) is 0 Å². The second kappa shape index (κ2) is 15.2. The number of para-hydroxylation sites is 1. The minimum atomic E-state index is -4.58. The molecule has 1 saturated heterocycles. The smallest absolute Gasteiger partial charge is 0.416 e. The zero-order chi connectivity index (χ0) is 34.4. The molecule has 0 bridgehead atoms. The van der Waals surface area contributed by atoms with Gasteiger partial charge < -0.3 is 25.2 Å². The molecule has 5 rings (SSSR count). The molecule has 9 nitrogen and oxygen atoms in total. The van der Waals surface area contributed by atoms with Gasteiger partial charge in [-0.05, 0) is 101 Å². The molecule has 1 fully saturated rings. The molecule has 2 heterocycles. The number of anilines is 4. The molecule has 13 heteroatoms. The fourth-order valence-corrected chi connectivity index (χ4v) is 5.66. The third kappa shape index (κ3) is 8.94. The van der Waals surface area contributed by atoms with Gasteiger partial charge in [-0.1, -0.05) is 29.8 Å². The van der Waals surface area contributed by atoms with Crippen molar-refractivity contribution in [3.05, 3.63) is 94.1 Å². The third-order valence-corrected chi connectivity index (χ3v) is 8.42. The number of benzene rings is 3. The number of carbonyl (C=O) groups excluding carboxylic acids is 1. The summed E-state index contributed by atoms with van der Waals surface area (Å²) >= 11 is 6.19. The highest BCUT2D eigenvalue weighted by molar-refractivity contribution is 6.32. The van der Waals surface area contributed by atoms with Gasteiger partial charge in [0.05, 0.1) is 10.6 Å². The second-order valence-corrected chi connectivity index (χ2v) is 12.4. The fraction of sp³-hybridized carbons (Fsp3) is 0.343. The standard InChI is InChI=1S/C35H39ClF3N7O2/c1-23-7-5-8-24(2)31(23)42-32(47)28-22-40-34(43-33(28)48-30-14-9-25(21-29(30)36)35(37,38)39)41-26-10-12-27(13-11-26)46-19-17-45(18-20-46)16-6-15-44(3)4/h5,7-14,21-22H,6,15-20H2,1-4H3,(H,42,47)(H,40,41,43). The molecule has 1 aliphatic heterocycles. The van der Waals surface area contributed by atoms with E-state index in [9.17, 15) is 18.0 Å². The molecular formula is C35H39ClF3N7O2. The normalized spacial score (nSPS) is 13.9. The van der Waals surface area contributed by atoms with Gasteiger partial charge in [-0.15, -0.1) is 0 Å². The Hall–Kier alpha value is -4.39. The minimum absolute atomic E-state index is 0.0321. The summed E-state index contributed by atoms with van der Waals surface area (Å²) in [5.74, 6) is -0.717. The van der Waals surface area contributed by atoms with Crippen LogP contribution in [0.2, 0.25) is 5.02 Å². The number of aromatic nitrogens is 2. The molecular weight excluding hydrogens is 643 g/mol. The number of hydrogen-bond donors (Lipinski definition) is 2. The van der Waals surface area contributed by atoms with Crippen LogP contribution >= 0.6 is 11.6 Å². The summed E-state index contributed by atoms with van der Waals surface area (Å²) in [5, 5.41) is 5.72. The van der Waals surface area contributed by atoms with Crippen molar-refractivity contribution in [2.24, 2.45) is 0 Å². The van der Waals surface area contributed by atoms with Crippen molar-refractivity contribution in [1.82, 2.24) is 19.8 Å². The van der Waals surface area contributed by atoms with Crippen LogP contribution in [0.5, 0.6) is 11.6 Å². The molecule has 48 heavy (non-hydrogen) atoms. The van der Waals surface area contributed by atoms with Crippen LogP contribution in [0.1, 0.15) is 33.5 Å². The zero-order valence-corrected chi connectivity index (χ0v) is 28.1. The van der Waals surface area contributed by atoms with Gasteiger partial charge in [0.15, 0.2) is 0 Å². The van der Waals surface area contributed by atoms with Gasteiger partial charge in [0, 0.05) is 49.4 Å². The molecule has 0 atom stereocenters. The Morgan fingerprint density at radius 1 is 1.00 bits per heavy atom. The largest absolute Gasteiger partial charge is 0.436 e. The number of alkyl halides is 3. The third-order valence-electron chi connectivity index (χ3n) is 8.12. The van der Waals surface area contributed by atoms with Crippen molar-refractivity contribution < 1.29 is 22.7 Å². The molecule has 1 aromatic heterocycles. The highest BCUT2D eigenvalue weighted by Gasteiger charge is 2.31. The number of carbonyl (C=O) groups is 1. The van der Waals surface area contributed by atoms with Crippen LogP contribution in [0.3, 0.4) is 0 Å². The fourth-order valence-electron chi connectivity index (χ4n) is 5.44. The Balaban J connectivity index is 1.33. The highest BCUT2D eigenvalue weighted by atomic mass is 35.5. The molecule has 1 aliphatic rings.